The van der Waals surface area contributed by atoms with Gasteiger partial charge in [-0.15, -0.1) is 0 Å². The molecule has 0 saturated carbocycles. The number of hydrogen-bond acceptors (Lipinski definition) is 5. The first-order chi connectivity index (χ1) is 13.6. The first-order valence-electron chi connectivity index (χ1n) is 8.88. The Balaban J connectivity index is 1.52. The Morgan fingerprint density at radius 1 is 1.29 bits per heavy atom. The van der Waals surface area contributed by atoms with Crippen LogP contribution in [0.25, 0.3) is 11.0 Å². The lowest BCUT2D eigenvalue weighted by atomic mass is 10.2. The monoisotopic (exact) mass is 387 g/mol. The third-order valence-corrected chi connectivity index (χ3v) is 4.78. The highest BCUT2D eigenvalue weighted by molar-refractivity contribution is 5.93. The summed E-state index contributed by atoms with van der Waals surface area (Å²) in [5, 5.41) is 3.26. The van der Waals surface area contributed by atoms with Gasteiger partial charge < -0.3 is 19.4 Å². The molecule has 0 saturated heterocycles. The van der Waals surface area contributed by atoms with Gasteiger partial charge in [-0.25, -0.2) is 18.6 Å². The normalized spacial score (nSPS) is 16.2. The number of esters is 1. The molecule has 146 valence electrons. The third kappa shape index (κ3) is 3.48. The number of rotatable bonds is 5. The van der Waals surface area contributed by atoms with Crippen molar-refractivity contribution in [2.24, 2.45) is 0 Å². The zero-order valence-electron chi connectivity index (χ0n) is 15.2. The van der Waals surface area contributed by atoms with Crippen LogP contribution in [0.4, 0.5) is 8.78 Å². The quantitative estimate of drug-likeness (QED) is 0.682. The molecule has 1 aromatic heterocycles. The summed E-state index contributed by atoms with van der Waals surface area (Å²) in [5.41, 5.74) is 2.72. The van der Waals surface area contributed by atoms with Crippen LogP contribution in [0.15, 0.2) is 36.4 Å². The van der Waals surface area contributed by atoms with E-state index in [2.05, 4.69) is 14.9 Å². The smallest absolute Gasteiger partial charge is 0.337 e. The summed E-state index contributed by atoms with van der Waals surface area (Å²) < 4.78 is 38.9. The molecule has 1 unspecified atom stereocenters. The van der Waals surface area contributed by atoms with Gasteiger partial charge in [-0.1, -0.05) is 6.07 Å². The lowest BCUT2D eigenvalue weighted by Crippen LogP contribution is -2.32. The molecule has 0 bridgehead atoms. The molecule has 3 aromatic rings. The Morgan fingerprint density at radius 2 is 2.14 bits per heavy atom. The van der Waals surface area contributed by atoms with Crippen molar-refractivity contribution in [1.82, 2.24) is 14.9 Å². The fraction of sp³-hybridized carbons (Fsp3) is 0.300. The van der Waals surface area contributed by atoms with E-state index in [0.29, 0.717) is 42.9 Å². The maximum atomic E-state index is 13.3. The Bertz CT molecular complexity index is 1030. The van der Waals surface area contributed by atoms with Crippen LogP contribution in [0.5, 0.6) is 0 Å². The van der Waals surface area contributed by atoms with Gasteiger partial charge in [0.1, 0.15) is 12.4 Å². The number of hydrogen-bond donors (Lipinski definition) is 1. The second kappa shape index (κ2) is 7.65. The molecule has 6 nitrogen and oxygen atoms in total. The van der Waals surface area contributed by atoms with E-state index >= 15 is 0 Å². The van der Waals surface area contributed by atoms with Gasteiger partial charge in [0.15, 0.2) is 11.6 Å². The molecule has 2 heterocycles. The van der Waals surface area contributed by atoms with Crippen molar-refractivity contribution in [2.75, 3.05) is 20.3 Å². The minimum atomic E-state index is -0.857. The SMILES string of the molecule is COC(=O)c1ccc2c(c1)nc1n2C(CNCc2ccc(F)c(F)c2)COC1. The van der Waals surface area contributed by atoms with Crippen molar-refractivity contribution in [1.29, 1.82) is 0 Å². The summed E-state index contributed by atoms with van der Waals surface area (Å²) in [6.45, 7) is 1.86. The number of ether oxygens (including phenoxy) is 2. The highest BCUT2D eigenvalue weighted by Gasteiger charge is 2.24. The van der Waals surface area contributed by atoms with Gasteiger partial charge in [0.05, 0.1) is 36.4 Å². The van der Waals surface area contributed by atoms with E-state index in [1.54, 1.807) is 18.2 Å². The van der Waals surface area contributed by atoms with Crippen molar-refractivity contribution in [3.05, 3.63) is 65.0 Å². The number of aromatic nitrogens is 2. The van der Waals surface area contributed by atoms with Gasteiger partial charge in [-0.2, -0.15) is 0 Å². The molecule has 0 spiro atoms. The minimum absolute atomic E-state index is 0.0111. The van der Waals surface area contributed by atoms with Gasteiger partial charge in [0.25, 0.3) is 0 Å². The Labute approximate surface area is 160 Å². The van der Waals surface area contributed by atoms with E-state index in [0.717, 1.165) is 17.4 Å². The van der Waals surface area contributed by atoms with Gasteiger partial charge >= 0.3 is 5.97 Å². The number of carbonyl (C=O) groups excluding carboxylic acids is 1. The van der Waals surface area contributed by atoms with Gasteiger partial charge in [-0.3, -0.25) is 0 Å². The van der Waals surface area contributed by atoms with Gasteiger partial charge in [0.2, 0.25) is 0 Å². The van der Waals surface area contributed by atoms with Crippen LogP contribution in [-0.2, 0) is 22.6 Å². The maximum Gasteiger partial charge on any atom is 0.337 e. The Kier molecular flexibility index (Phi) is 5.06. The number of carbonyl (C=O) groups is 1. The summed E-state index contributed by atoms with van der Waals surface area (Å²) in [4.78, 5) is 16.3. The van der Waals surface area contributed by atoms with E-state index in [4.69, 9.17) is 9.47 Å². The van der Waals surface area contributed by atoms with Crippen molar-refractivity contribution < 1.29 is 23.0 Å². The van der Waals surface area contributed by atoms with Crippen LogP contribution in [0.1, 0.15) is 27.8 Å². The van der Waals surface area contributed by atoms with E-state index < -0.39 is 17.6 Å². The van der Waals surface area contributed by atoms with E-state index in [1.165, 1.54) is 13.2 Å². The lowest BCUT2D eigenvalue weighted by molar-refractivity contribution is 0.0564. The van der Waals surface area contributed by atoms with Crippen LogP contribution in [0, 0.1) is 11.6 Å². The molecule has 0 fully saturated rings. The van der Waals surface area contributed by atoms with Crippen LogP contribution < -0.4 is 5.32 Å². The third-order valence-electron chi connectivity index (χ3n) is 4.78. The van der Waals surface area contributed by atoms with Gasteiger partial charge in [0, 0.05) is 13.1 Å². The molecule has 1 N–H and O–H groups in total. The highest BCUT2D eigenvalue weighted by atomic mass is 19.2. The van der Waals surface area contributed by atoms with Crippen LogP contribution in [0.3, 0.4) is 0 Å². The summed E-state index contributed by atoms with van der Waals surface area (Å²) in [7, 11) is 1.34. The van der Waals surface area contributed by atoms with Crippen molar-refractivity contribution in [3.8, 4) is 0 Å². The molecule has 0 amide bonds. The summed E-state index contributed by atoms with van der Waals surface area (Å²) >= 11 is 0. The molecule has 8 heteroatoms. The molecule has 2 aromatic carbocycles. The number of imidazole rings is 1. The summed E-state index contributed by atoms with van der Waals surface area (Å²) in [5.74, 6) is -1.34. The predicted octanol–water partition coefficient (Wildman–Crippen LogP) is 2.96. The standard InChI is InChI=1S/C20H19F2N3O3/c1-27-20(26)13-3-5-18-17(7-13)24-19-11-28-10-14(25(18)19)9-23-8-12-2-4-15(21)16(22)6-12/h2-7,14,23H,8-11H2,1H3. The highest BCUT2D eigenvalue weighted by Crippen LogP contribution is 2.26. The topological polar surface area (TPSA) is 65.4 Å². The van der Waals surface area contributed by atoms with Crippen molar-refractivity contribution in [3.63, 3.8) is 0 Å². The molecule has 1 atom stereocenters. The van der Waals surface area contributed by atoms with Gasteiger partial charge in [-0.05, 0) is 35.9 Å². The van der Waals surface area contributed by atoms with Crippen LogP contribution in [-0.4, -0.2) is 35.8 Å². The number of nitrogens with zero attached hydrogens (tertiary/aromatic N) is 2. The molecular formula is C20H19F2N3O3. The number of fused-ring (bicyclic) bond motifs is 3. The Morgan fingerprint density at radius 3 is 2.93 bits per heavy atom. The molecule has 4 rings (SSSR count). The number of halogens is 2. The maximum absolute atomic E-state index is 13.3. The number of nitrogens with one attached hydrogen (secondary N) is 1. The molecular weight excluding hydrogens is 368 g/mol. The minimum Gasteiger partial charge on any atom is -0.465 e. The molecule has 1 aliphatic rings. The van der Waals surface area contributed by atoms with E-state index in [-0.39, 0.29) is 6.04 Å². The summed E-state index contributed by atoms with van der Waals surface area (Å²) in [6.07, 6.45) is 0. The average Bonchev–Trinajstić information content (AvgIpc) is 3.08. The Hall–Kier alpha value is -2.84. The first kappa shape index (κ1) is 18.5. The average molecular weight is 387 g/mol. The largest absolute Gasteiger partial charge is 0.465 e. The van der Waals surface area contributed by atoms with E-state index in [1.807, 2.05) is 6.07 Å². The lowest BCUT2D eigenvalue weighted by Gasteiger charge is -2.26. The van der Waals surface area contributed by atoms with Crippen molar-refractivity contribution in [2.45, 2.75) is 19.2 Å². The fourth-order valence-corrected chi connectivity index (χ4v) is 3.45. The second-order valence-corrected chi connectivity index (χ2v) is 6.64. The predicted molar refractivity (Wildman–Crippen MR) is 97.8 cm³/mol. The molecule has 28 heavy (non-hydrogen) atoms. The second-order valence-electron chi connectivity index (χ2n) is 6.64. The van der Waals surface area contributed by atoms with E-state index in [9.17, 15) is 13.6 Å². The fourth-order valence-electron chi connectivity index (χ4n) is 3.45. The van der Waals surface area contributed by atoms with Crippen LogP contribution >= 0.6 is 0 Å². The van der Waals surface area contributed by atoms with Crippen molar-refractivity contribution >= 4 is 17.0 Å². The zero-order chi connectivity index (χ0) is 19.7. The molecule has 0 aliphatic carbocycles. The molecule has 0 radical (unpaired) electrons. The number of methoxy groups -OCH3 is 1. The number of benzene rings is 2. The summed E-state index contributed by atoms with van der Waals surface area (Å²) in [6, 6.07) is 9.12. The first-order valence-corrected chi connectivity index (χ1v) is 8.88. The molecule has 1 aliphatic heterocycles. The zero-order valence-corrected chi connectivity index (χ0v) is 15.2. The van der Waals surface area contributed by atoms with Crippen LogP contribution in [0.2, 0.25) is 0 Å².